The molecule has 1 heterocycles. The van der Waals surface area contributed by atoms with Crippen LogP contribution in [0.25, 0.3) is 0 Å². The van der Waals surface area contributed by atoms with Gasteiger partial charge < -0.3 is 15.3 Å². The van der Waals surface area contributed by atoms with Crippen LogP contribution in [0.5, 0.6) is 0 Å². The summed E-state index contributed by atoms with van der Waals surface area (Å²) in [5.74, 6) is -1.09. The number of aryl methyl sites for hydroxylation is 1. The quantitative estimate of drug-likeness (QED) is 0.869. The van der Waals surface area contributed by atoms with Crippen molar-refractivity contribution in [1.29, 1.82) is 0 Å². The molecule has 2 N–H and O–H groups in total. The van der Waals surface area contributed by atoms with E-state index >= 15 is 0 Å². The number of carbonyl (C=O) groups is 2. The van der Waals surface area contributed by atoms with Crippen molar-refractivity contribution in [1.82, 2.24) is 4.90 Å². The molecule has 2 rings (SSSR count). The zero-order valence-electron chi connectivity index (χ0n) is 11.2. The van der Waals surface area contributed by atoms with Crippen LogP contribution >= 0.6 is 15.9 Å². The predicted molar refractivity (Wildman–Crippen MR) is 79.8 cm³/mol. The van der Waals surface area contributed by atoms with Crippen LogP contribution in [0.2, 0.25) is 0 Å². The molecule has 1 aliphatic rings. The first-order valence-electron chi connectivity index (χ1n) is 6.52. The number of likely N-dealkylation sites (tertiary alicyclic amines) is 1. The summed E-state index contributed by atoms with van der Waals surface area (Å²) in [7, 11) is 0. The maximum absolute atomic E-state index is 12.1. The second-order valence-corrected chi connectivity index (χ2v) is 5.85. The van der Waals surface area contributed by atoms with Crippen LogP contribution < -0.4 is 5.32 Å². The summed E-state index contributed by atoms with van der Waals surface area (Å²) in [6.07, 6.45) is 1.03. The van der Waals surface area contributed by atoms with Crippen molar-refractivity contribution >= 4 is 33.6 Å². The highest BCUT2D eigenvalue weighted by atomic mass is 79.9. The minimum absolute atomic E-state index is 0.171. The van der Waals surface area contributed by atoms with E-state index in [-0.39, 0.29) is 11.9 Å². The molecule has 20 heavy (non-hydrogen) atoms. The lowest BCUT2D eigenvalue weighted by atomic mass is 9.97. The second kappa shape index (κ2) is 6.26. The van der Waals surface area contributed by atoms with E-state index in [1.54, 1.807) is 4.90 Å². The van der Waals surface area contributed by atoms with Crippen molar-refractivity contribution in [2.24, 2.45) is 5.92 Å². The van der Waals surface area contributed by atoms with Crippen LogP contribution in [0.15, 0.2) is 22.7 Å². The van der Waals surface area contributed by atoms with Gasteiger partial charge >= 0.3 is 12.0 Å². The van der Waals surface area contributed by atoms with Gasteiger partial charge in [-0.3, -0.25) is 4.79 Å². The summed E-state index contributed by atoms with van der Waals surface area (Å²) in [5, 5.41) is 11.8. The van der Waals surface area contributed by atoms with Gasteiger partial charge in [0.25, 0.3) is 0 Å². The number of anilines is 1. The van der Waals surface area contributed by atoms with Gasteiger partial charge in [-0.1, -0.05) is 15.9 Å². The van der Waals surface area contributed by atoms with Crippen molar-refractivity contribution in [3.63, 3.8) is 0 Å². The third-order valence-corrected chi connectivity index (χ3v) is 4.43. The van der Waals surface area contributed by atoms with Crippen molar-refractivity contribution in [2.75, 3.05) is 18.4 Å². The molecule has 1 saturated heterocycles. The van der Waals surface area contributed by atoms with E-state index in [0.29, 0.717) is 25.9 Å². The normalized spacial score (nSPS) is 16.0. The molecule has 1 aromatic rings. The highest BCUT2D eigenvalue weighted by Gasteiger charge is 2.26. The number of hydrogen-bond donors (Lipinski definition) is 2. The fraction of sp³-hybridized carbons (Fsp3) is 0.429. The molecule has 1 aromatic carbocycles. The molecular weight excluding hydrogens is 324 g/mol. The molecule has 0 unspecified atom stereocenters. The smallest absolute Gasteiger partial charge is 0.321 e. The molecule has 0 bridgehead atoms. The lowest BCUT2D eigenvalue weighted by Crippen LogP contribution is -2.42. The standard InChI is InChI=1S/C14H17BrN2O3/c1-9-8-11(2-3-12(9)15)16-14(20)17-6-4-10(5-7-17)13(18)19/h2-3,8,10H,4-7H2,1H3,(H,16,20)(H,18,19). The third kappa shape index (κ3) is 3.50. The van der Waals surface area contributed by atoms with Gasteiger partial charge in [-0.2, -0.15) is 0 Å². The van der Waals surface area contributed by atoms with E-state index in [1.807, 2.05) is 25.1 Å². The molecule has 1 aliphatic heterocycles. The number of nitrogens with one attached hydrogen (secondary N) is 1. The summed E-state index contributed by atoms with van der Waals surface area (Å²) in [6, 6.07) is 5.45. The zero-order valence-corrected chi connectivity index (χ0v) is 12.8. The first-order chi connectivity index (χ1) is 9.47. The van der Waals surface area contributed by atoms with Crippen molar-refractivity contribution < 1.29 is 14.7 Å². The van der Waals surface area contributed by atoms with Gasteiger partial charge in [0.1, 0.15) is 0 Å². The Hall–Kier alpha value is -1.56. The molecule has 5 nitrogen and oxygen atoms in total. The number of carboxylic acids is 1. The van der Waals surface area contributed by atoms with Gasteiger partial charge in [0.15, 0.2) is 0 Å². The number of amides is 2. The number of rotatable bonds is 2. The van der Waals surface area contributed by atoms with E-state index in [1.165, 1.54) is 0 Å². The maximum Gasteiger partial charge on any atom is 0.321 e. The van der Waals surface area contributed by atoms with Crippen molar-refractivity contribution in [3.8, 4) is 0 Å². The summed E-state index contributed by atoms with van der Waals surface area (Å²) in [6.45, 7) is 2.93. The van der Waals surface area contributed by atoms with Gasteiger partial charge in [0, 0.05) is 23.2 Å². The topological polar surface area (TPSA) is 69.6 Å². The third-order valence-electron chi connectivity index (χ3n) is 3.54. The first-order valence-corrected chi connectivity index (χ1v) is 7.31. The molecule has 0 spiro atoms. The molecule has 1 fully saturated rings. The Labute approximate surface area is 126 Å². The molecular formula is C14H17BrN2O3. The fourth-order valence-electron chi connectivity index (χ4n) is 2.25. The number of urea groups is 1. The Morgan fingerprint density at radius 3 is 2.55 bits per heavy atom. The monoisotopic (exact) mass is 340 g/mol. The van der Waals surface area contributed by atoms with Crippen molar-refractivity contribution in [2.45, 2.75) is 19.8 Å². The van der Waals surface area contributed by atoms with Crippen LogP contribution in [-0.2, 0) is 4.79 Å². The Kier molecular flexibility index (Phi) is 4.65. The average molecular weight is 341 g/mol. The maximum atomic E-state index is 12.1. The number of halogens is 1. The molecule has 108 valence electrons. The van der Waals surface area contributed by atoms with E-state index < -0.39 is 5.97 Å². The van der Waals surface area contributed by atoms with Gasteiger partial charge in [-0.25, -0.2) is 4.79 Å². The van der Waals surface area contributed by atoms with E-state index in [4.69, 9.17) is 5.11 Å². The fourth-order valence-corrected chi connectivity index (χ4v) is 2.50. The van der Waals surface area contributed by atoms with Crippen LogP contribution in [0, 0.1) is 12.8 Å². The molecule has 2 amide bonds. The number of benzene rings is 1. The SMILES string of the molecule is Cc1cc(NC(=O)N2CCC(C(=O)O)CC2)ccc1Br. The average Bonchev–Trinajstić information content (AvgIpc) is 2.43. The Balaban J connectivity index is 1.92. The summed E-state index contributed by atoms with van der Waals surface area (Å²) in [5.41, 5.74) is 1.79. The highest BCUT2D eigenvalue weighted by molar-refractivity contribution is 9.10. The molecule has 0 aliphatic carbocycles. The number of aliphatic carboxylic acids is 1. The highest BCUT2D eigenvalue weighted by Crippen LogP contribution is 2.21. The molecule has 0 radical (unpaired) electrons. The zero-order chi connectivity index (χ0) is 14.7. The minimum Gasteiger partial charge on any atom is -0.481 e. The van der Waals surface area contributed by atoms with Crippen molar-refractivity contribution in [3.05, 3.63) is 28.2 Å². The molecule has 0 atom stereocenters. The molecule has 0 aromatic heterocycles. The first kappa shape index (κ1) is 14.8. The number of nitrogens with zero attached hydrogens (tertiary/aromatic N) is 1. The Morgan fingerprint density at radius 1 is 1.35 bits per heavy atom. The summed E-state index contributed by atoms with van der Waals surface area (Å²) < 4.78 is 0.998. The Bertz CT molecular complexity index is 525. The Morgan fingerprint density at radius 2 is 2.00 bits per heavy atom. The van der Waals surface area contributed by atoms with Crippen LogP contribution in [-0.4, -0.2) is 35.1 Å². The number of carboxylic acid groups (broad SMARTS) is 1. The second-order valence-electron chi connectivity index (χ2n) is 4.99. The van der Waals surface area contributed by atoms with Gasteiger partial charge in [0.05, 0.1) is 5.92 Å². The number of piperidine rings is 1. The van der Waals surface area contributed by atoms with E-state index in [0.717, 1.165) is 15.7 Å². The van der Waals surface area contributed by atoms with E-state index in [2.05, 4.69) is 21.2 Å². The van der Waals surface area contributed by atoms with Crippen LogP contribution in [0.1, 0.15) is 18.4 Å². The summed E-state index contributed by atoms with van der Waals surface area (Å²) >= 11 is 3.41. The molecule has 0 saturated carbocycles. The van der Waals surface area contributed by atoms with Crippen LogP contribution in [0.4, 0.5) is 10.5 Å². The molecule has 6 heteroatoms. The van der Waals surface area contributed by atoms with Gasteiger partial charge in [-0.05, 0) is 43.5 Å². The lowest BCUT2D eigenvalue weighted by Gasteiger charge is -2.30. The largest absolute Gasteiger partial charge is 0.481 e. The lowest BCUT2D eigenvalue weighted by molar-refractivity contribution is -0.143. The minimum atomic E-state index is -0.770. The number of hydrogen-bond acceptors (Lipinski definition) is 2. The summed E-state index contributed by atoms with van der Waals surface area (Å²) in [4.78, 5) is 24.6. The predicted octanol–water partition coefficient (Wildman–Crippen LogP) is 3.09. The van der Waals surface area contributed by atoms with E-state index in [9.17, 15) is 9.59 Å². The van der Waals surface area contributed by atoms with Gasteiger partial charge in [-0.15, -0.1) is 0 Å². The van der Waals surface area contributed by atoms with Crippen LogP contribution in [0.3, 0.4) is 0 Å². The number of carbonyl (C=O) groups excluding carboxylic acids is 1. The van der Waals surface area contributed by atoms with Gasteiger partial charge in [0.2, 0.25) is 0 Å².